The molecular weight excluding hydrogens is 303 g/mol. The standard InChI is InChI=1S/C16H21FN2O4/c1-11(20)18-8-4-2-3-5-15(21)19-13-7-6-12(9-16(22)23)14(17)10-13/h6-7,10H,2-5,8-9H2,1H3,(H,18,20)(H,19,21)(H,22,23). The lowest BCUT2D eigenvalue weighted by Gasteiger charge is -2.07. The fourth-order valence-electron chi connectivity index (χ4n) is 2.01. The summed E-state index contributed by atoms with van der Waals surface area (Å²) in [7, 11) is 0. The Bertz CT molecular complexity index is 575. The number of carbonyl (C=O) groups is 3. The van der Waals surface area contributed by atoms with Crippen molar-refractivity contribution in [3.8, 4) is 0 Å². The van der Waals surface area contributed by atoms with Gasteiger partial charge in [0.25, 0.3) is 0 Å². The molecule has 0 aliphatic rings. The van der Waals surface area contributed by atoms with Crippen molar-refractivity contribution >= 4 is 23.5 Å². The second-order valence-electron chi connectivity index (χ2n) is 5.22. The second-order valence-corrected chi connectivity index (χ2v) is 5.22. The van der Waals surface area contributed by atoms with Crippen molar-refractivity contribution in [2.75, 3.05) is 11.9 Å². The summed E-state index contributed by atoms with van der Waals surface area (Å²) in [6.07, 6.45) is 2.18. The number of hydrogen-bond donors (Lipinski definition) is 3. The van der Waals surface area contributed by atoms with Gasteiger partial charge in [0.15, 0.2) is 0 Å². The first kappa shape index (κ1) is 18.6. The molecule has 0 aliphatic carbocycles. The van der Waals surface area contributed by atoms with Crippen molar-refractivity contribution in [3.63, 3.8) is 0 Å². The van der Waals surface area contributed by atoms with Gasteiger partial charge in [0.2, 0.25) is 11.8 Å². The highest BCUT2D eigenvalue weighted by Crippen LogP contribution is 2.16. The van der Waals surface area contributed by atoms with Crippen LogP contribution in [-0.2, 0) is 20.8 Å². The molecule has 0 unspecified atom stereocenters. The van der Waals surface area contributed by atoms with Gasteiger partial charge in [-0.15, -0.1) is 0 Å². The fourth-order valence-corrected chi connectivity index (χ4v) is 2.01. The number of hydrogen-bond acceptors (Lipinski definition) is 3. The monoisotopic (exact) mass is 324 g/mol. The summed E-state index contributed by atoms with van der Waals surface area (Å²) in [5.74, 6) is -2.06. The third-order valence-electron chi connectivity index (χ3n) is 3.13. The molecule has 0 aliphatic heterocycles. The summed E-state index contributed by atoms with van der Waals surface area (Å²) in [4.78, 5) is 32.9. The Balaban J connectivity index is 2.32. The van der Waals surface area contributed by atoms with Gasteiger partial charge >= 0.3 is 5.97 Å². The summed E-state index contributed by atoms with van der Waals surface area (Å²) in [5, 5.41) is 13.9. The maximum absolute atomic E-state index is 13.7. The molecule has 0 saturated heterocycles. The van der Waals surface area contributed by atoms with E-state index in [0.29, 0.717) is 25.1 Å². The average Bonchev–Trinajstić information content (AvgIpc) is 2.45. The number of benzene rings is 1. The molecule has 2 amide bonds. The lowest BCUT2D eigenvalue weighted by atomic mass is 10.1. The van der Waals surface area contributed by atoms with E-state index in [9.17, 15) is 18.8 Å². The number of carboxylic acids is 1. The van der Waals surface area contributed by atoms with E-state index in [1.165, 1.54) is 19.1 Å². The van der Waals surface area contributed by atoms with Crippen LogP contribution in [0.15, 0.2) is 18.2 Å². The van der Waals surface area contributed by atoms with Crippen molar-refractivity contribution in [3.05, 3.63) is 29.6 Å². The van der Waals surface area contributed by atoms with Gasteiger partial charge in [-0.05, 0) is 30.5 Å². The maximum atomic E-state index is 13.7. The van der Waals surface area contributed by atoms with E-state index in [1.807, 2.05) is 0 Å². The first-order valence-electron chi connectivity index (χ1n) is 7.43. The van der Waals surface area contributed by atoms with E-state index in [0.717, 1.165) is 18.9 Å². The van der Waals surface area contributed by atoms with Crippen molar-refractivity contribution in [1.82, 2.24) is 5.32 Å². The quantitative estimate of drug-likeness (QED) is 0.606. The summed E-state index contributed by atoms with van der Waals surface area (Å²) in [6.45, 7) is 2.04. The van der Waals surface area contributed by atoms with Crippen LogP contribution < -0.4 is 10.6 Å². The summed E-state index contributed by atoms with van der Waals surface area (Å²) in [6, 6.07) is 3.95. The normalized spacial score (nSPS) is 10.2. The number of anilines is 1. The highest BCUT2D eigenvalue weighted by molar-refractivity contribution is 5.90. The molecule has 6 nitrogen and oxygen atoms in total. The van der Waals surface area contributed by atoms with Gasteiger partial charge in [-0.25, -0.2) is 4.39 Å². The molecule has 1 aromatic rings. The Labute approximate surface area is 134 Å². The largest absolute Gasteiger partial charge is 0.481 e. The average molecular weight is 324 g/mol. The molecule has 0 fully saturated rings. The Morgan fingerprint density at radius 1 is 1.17 bits per heavy atom. The number of carbonyl (C=O) groups excluding carboxylic acids is 2. The van der Waals surface area contributed by atoms with Crippen LogP contribution in [0, 0.1) is 5.82 Å². The molecule has 0 saturated carbocycles. The van der Waals surface area contributed by atoms with E-state index in [-0.39, 0.29) is 17.4 Å². The zero-order chi connectivity index (χ0) is 17.2. The molecule has 0 bridgehead atoms. The van der Waals surface area contributed by atoms with Gasteiger partial charge in [-0.2, -0.15) is 0 Å². The van der Waals surface area contributed by atoms with Crippen molar-refractivity contribution < 1.29 is 23.9 Å². The van der Waals surface area contributed by atoms with Crippen LogP contribution in [0.2, 0.25) is 0 Å². The highest BCUT2D eigenvalue weighted by Gasteiger charge is 2.09. The second kappa shape index (κ2) is 9.55. The van der Waals surface area contributed by atoms with Crippen LogP contribution in [0.5, 0.6) is 0 Å². The van der Waals surface area contributed by atoms with Crippen LogP contribution in [0.4, 0.5) is 10.1 Å². The zero-order valence-corrected chi connectivity index (χ0v) is 13.0. The molecule has 0 heterocycles. The van der Waals surface area contributed by atoms with Gasteiger partial charge in [0.05, 0.1) is 6.42 Å². The smallest absolute Gasteiger partial charge is 0.307 e. The predicted molar refractivity (Wildman–Crippen MR) is 83.5 cm³/mol. The fraction of sp³-hybridized carbons (Fsp3) is 0.438. The molecule has 0 atom stereocenters. The zero-order valence-electron chi connectivity index (χ0n) is 13.0. The van der Waals surface area contributed by atoms with Gasteiger partial charge in [0.1, 0.15) is 5.82 Å². The molecule has 7 heteroatoms. The molecule has 0 spiro atoms. The highest BCUT2D eigenvalue weighted by atomic mass is 19.1. The summed E-state index contributed by atoms with van der Waals surface area (Å²) in [5.41, 5.74) is 0.383. The molecule has 23 heavy (non-hydrogen) atoms. The van der Waals surface area contributed by atoms with E-state index in [4.69, 9.17) is 5.11 Å². The number of aliphatic carboxylic acids is 1. The lowest BCUT2D eigenvalue weighted by Crippen LogP contribution is -2.20. The minimum atomic E-state index is -1.11. The number of rotatable bonds is 9. The Kier molecular flexibility index (Phi) is 7.73. The molecule has 0 radical (unpaired) electrons. The SMILES string of the molecule is CC(=O)NCCCCCC(=O)Nc1ccc(CC(=O)O)c(F)c1. The molecule has 3 N–H and O–H groups in total. The molecule has 1 rings (SSSR count). The van der Waals surface area contributed by atoms with Gasteiger partial charge in [-0.3, -0.25) is 14.4 Å². The first-order chi connectivity index (χ1) is 10.9. The molecular formula is C16H21FN2O4. The van der Waals surface area contributed by atoms with E-state index in [2.05, 4.69) is 10.6 Å². The van der Waals surface area contributed by atoms with Crippen LogP contribution >= 0.6 is 0 Å². The van der Waals surface area contributed by atoms with Crippen molar-refractivity contribution in [1.29, 1.82) is 0 Å². The molecule has 1 aromatic carbocycles. The molecule has 0 aromatic heterocycles. The number of unbranched alkanes of at least 4 members (excludes halogenated alkanes) is 2. The Morgan fingerprint density at radius 3 is 2.52 bits per heavy atom. The Morgan fingerprint density at radius 2 is 1.91 bits per heavy atom. The minimum absolute atomic E-state index is 0.0730. The summed E-state index contributed by atoms with van der Waals surface area (Å²) < 4.78 is 13.7. The van der Waals surface area contributed by atoms with Crippen LogP contribution in [0.1, 0.15) is 38.2 Å². The van der Waals surface area contributed by atoms with E-state index in [1.54, 1.807) is 0 Å². The van der Waals surface area contributed by atoms with E-state index >= 15 is 0 Å². The maximum Gasteiger partial charge on any atom is 0.307 e. The van der Waals surface area contributed by atoms with Gasteiger partial charge in [0, 0.05) is 25.6 Å². The number of halogens is 1. The van der Waals surface area contributed by atoms with Crippen molar-refractivity contribution in [2.24, 2.45) is 0 Å². The number of amides is 2. The number of nitrogens with one attached hydrogen (secondary N) is 2. The third-order valence-corrected chi connectivity index (χ3v) is 3.13. The predicted octanol–water partition coefficient (Wildman–Crippen LogP) is 2.09. The Hall–Kier alpha value is -2.44. The van der Waals surface area contributed by atoms with Gasteiger partial charge < -0.3 is 15.7 Å². The van der Waals surface area contributed by atoms with Crippen LogP contribution in [-0.4, -0.2) is 29.4 Å². The molecule has 126 valence electrons. The topological polar surface area (TPSA) is 95.5 Å². The third kappa shape index (κ3) is 7.94. The van der Waals surface area contributed by atoms with Crippen molar-refractivity contribution in [2.45, 2.75) is 39.0 Å². The van der Waals surface area contributed by atoms with Crippen LogP contribution in [0.3, 0.4) is 0 Å². The van der Waals surface area contributed by atoms with Gasteiger partial charge in [-0.1, -0.05) is 12.5 Å². The lowest BCUT2D eigenvalue weighted by molar-refractivity contribution is -0.136. The van der Waals surface area contributed by atoms with E-state index < -0.39 is 18.2 Å². The minimum Gasteiger partial charge on any atom is -0.481 e. The first-order valence-corrected chi connectivity index (χ1v) is 7.43. The summed E-state index contributed by atoms with van der Waals surface area (Å²) >= 11 is 0. The number of carboxylic acid groups (broad SMARTS) is 1. The van der Waals surface area contributed by atoms with Crippen LogP contribution in [0.25, 0.3) is 0 Å².